The van der Waals surface area contributed by atoms with Crippen LogP contribution >= 0.6 is 11.6 Å². The van der Waals surface area contributed by atoms with Crippen LogP contribution in [0.2, 0.25) is 5.02 Å². The van der Waals surface area contributed by atoms with Crippen LogP contribution in [-0.2, 0) is 9.53 Å². The Morgan fingerprint density at radius 2 is 2.06 bits per heavy atom. The van der Waals surface area contributed by atoms with Crippen molar-refractivity contribution in [3.8, 4) is 17.7 Å². The number of pyridine rings is 1. The summed E-state index contributed by atoms with van der Waals surface area (Å²) in [5.41, 5.74) is 0.518. The van der Waals surface area contributed by atoms with Gasteiger partial charge in [-0.1, -0.05) is 17.7 Å². The number of amides is 1. The zero-order chi connectivity index (χ0) is 22.7. The predicted octanol–water partition coefficient (Wildman–Crippen LogP) is 3.21. The first-order valence-corrected chi connectivity index (χ1v) is 10.3. The minimum Gasteiger partial charge on any atom is -0.438 e. The second-order valence-corrected chi connectivity index (χ2v) is 7.56. The van der Waals surface area contributed by atoms with Gasteiger partial charge in [-0.05, 0) is 48.9 Å². The first kappa shape index (κ1) is 21.6. The van der Waals surface area contributed by atoms with E-state index in [2.05, 4.69) is 4.98 Å². The Kier molecular flexibility index (Phi) is 6.21. The highest BCUT2D eigenvalue weighted by Crippen LogP contribution is 2.27. The van der Waals surface area contributed by atoms with E-state index in [4.69, 9.17) is 21.1 Å². The van der Waals surface area contributed by atoms with Crippen molar-refractivity contribution in [2.75, 3.05) is 26.3 Å². The van der Waals surface area contributed by atoms with E-state index in [1.165, 1.54) is 15.4 Å². The number of aromatic nitrogens is 2. The number of ether oxygens (including phenoxy) is 2. The minimum atomic E-state index is -0.471. The number of nitriles is 1. The van der Waals surface area contributed by atoms with E-state index in [-0.39, 0.29) is 17.0 Å². The first-order valence-electron chi connectivity index (χ1n) is 9.92. The maximum absolute atomic E-state index is 13.2. The summed E-state index contributed by atoms with van der Waals surface area (Å²) in [6.45, 7) is 3.37. The number of carbonyl (C=O) groups excluding carboxylic acids is 1. The lowest BCUT2D eigenvalue weighted by atomic mass is 10.1. The number of nitrogens with zero attached hydrogens (tertiary/aromatic N) is 4. The molecule has 1 amide bonds. The third kappa shape index (κ3) is 4.35. The highest BCUT2D eigenvalue weighted by atomic mass is 35.5. The van der Waals surface area contributed by atoms with Gasteiger partial charge in [0.15, 0.2) is 0 Å². The molecule has 2 aromatic heterocycles. The topological polar surface area (TPSA) is 96.9 Å². The molecule has 162 valence electrons. The quantitative estimate of drug-likeness (QED) is 0.447. The molecule has 9 heteroatoms. The first-order chi connectivity index (χ1) is 15.5. The third-order valence-corrected chi connectivity index (χ3v) is 5.44. The number of aryl methyl sites for hydroxylation is 1. The second kappa shape index (κ2) is 9.22. The van der Waals surface area contributed by atoms with Crippen LogP contribution in [0.4, 0.5) is 0 Å². The number of hydrogen-bond donors (Lipinski definition) is 0. The lowest BCUT2D eigenvalue weighted by molar-refractivity contribution is -0.130. The highest BCUT2D eigenvalue weighted by Gasteiger charge is 2.23. The standard InChI is InChI=1S/C23H19ClN4O4/c1-15-12-17(5-6-19(15)24)32-21-18(23(30)28-7-3-2-4-20(28)26-21)13-16(14-25)22(29)27-8-10-31-11-9-27/h2-7,12-13H,8-11H2,1H3/b16-13+. The molecule has 1 aliphatic rings. The maximum Gasteiger partial charge on any atom is 0.269 e. The van der Waals surface area contributed by atoms with Crippen molar-refractivity contribution >= 4 is 29.2 Å². The van der Waals surface area contributed by atoms with E-state index in [1.807, 2.05) is 13.0 Å². The predicted molar refractivity (Wildman–Crippen MR) is 119 cm³/mol. The van der Waals surface area contributed by atoms with Crippen molar-refractivity contribution in [3.05, 3.63) is 74.7 Å². The van der Waals surface area contributed by atoms with Crippen molar-refractivity contribution in [2.24, 2.45) is 0 Å². The molecular weight excluding hydrogens is 432 g/mol. The number of rotatable bonds is 4. The van der Waals surface area contributed by atoms with Crippen molar-refractivity contribution < 1.29 is 14.3 Å². The fourth-order valence-corrected chi connectivity index (χ4v) is 3.42. The molecule has 0 atom stereocenters. The smallest absolute Gasteiger partial charge is 0.269 e. The molecule has 0 spiro atoms. The molecule has 1 fully saturated rings. The molecule has 0 bridgehead atoms. The Balaban J connectivity index is 1.83. The highest BCUT2D eigenvalue weighted by molar-refractivity contribution is 6.31. The van der Waals surface area contributed by atoms with Gasteiger partial charge in [0.1, 0.15) is 28.6 Å². The molecule has 4 rings (SSSR count). The van der Waals surface area contributed by atoms with Crippen molar-refractivity contribution in [2.45, 2.75) is 6.92 Å². The summed E-state index contributed by atoms with van der Waals surface area (Å²) < 4.78 is 12.5. The summed E-state index contributed by atoms with van der Waals surface area (Å²) in [5.74, 6) is -0.0566. The van der Waals surface area contributed by atoms with Crippen molar-refractivity contribution in [3.63, 3.8) is 0 Å². The molecular formula is C23H19ClN4O4. The van der Waals surface area contributed by atoms with Crippen LogP contribution in [-0.4, -0.2) is 46.5 Å². The third-order valence-electron chi connectivity index (χ3n) is 5.02. The summed E-state index contributed by atoms with van der Waals surface area (Å²) in [4.78, 5) is 32.1. The van der Waals surface area contributed by atoms with Crippen LogP contribution in [0.15, 0.2) is 53.0 Å². The van der Waals surface area contributed by atoms with Gasteiger partial charge in [-0.2, -0.15) is 10.2 Å². The molecule has 1 aromatic carbocycles. The van der Waals surface area contributed by atoms with Gasteiger partial charge in [-0.15, -0.1) is 0 Å². The summed E-state index contributed by atoms with van der Waals surface area (Å²) >= 11 is 6.09. The van der Waals surface area contributed by atoms with Gasteiger partial charge in [-0.25, -0.2) is 0 Å². The lowest BCUT2D eigenvalue weighted by Gasteiger charge is -2.26. The van der Waals surface area contributed by atoms with Crippen molar-refractivity contribution in [1.29, 1.82) is 5.26 Å². The zero-order valence-electron chi connectivity index (χ0n) is 17.2. The molecule has 0 saturated carbocycles. The van der Waals surface area contributed by atoms with Gasteiger partial charge < -0.3 is 14.4 Å². The fourth-order valence-electron chi connectivity index (χ4n) is 3.30. The van der Waals surface area contributed by atoms with Crippen LogP contribution in [0.5, 0.6) is 11.6 Å². The Hall–Kier alpha value is -3.67. The largest absolute Gasteiger partial charge is 0.438 e. The second-order valence-electron chi connectivity index (χ2n) is 7.15. The number of halogens is 1. The summed E-state index contributed by atoms with van der Waals surface area (Å²) in [7, 11) is 0. The SMILES string of the molecule is Cc1cc(Oc2nc3ccccn3c(=O)c2/C=C(\C#N)C(=O)N2CCOCC2)ccc1Cl. The van der Waals surface area contributed by atoms with Crippen LogP contribution < -0.4 is 10.3 Å². The molecule has 0 unspecified atom stereocenters. The molecule has 3 aromatic rings. The van der Waals surface area contributed by atoms with E-state index in [0.717, 1.165) is 5.56 Å². The monoisotopic (exact) mass is 450 g/mol. The van der Waals surface area contributed by atoms with Crippen LogP contribution in [0, 0.1) is 18.3 Å². The Labute approximate surface area is 188 Å². The number of morpholine rings is 1. The number of fused-ring (bicyclic) bond motifs is 1. The van der Waals surface area contributed by atoms with E-state index in [1.54, 1.807) is 42.6 Å². The van der Waals surface area contributed by atoms with Gasteiger partial charge >= 0.3 is 0 Å². The van der Waals surface area contributed by atoms with Gasteiger partial charge in [0.05, 0.1) is 13.2 Å². The summed E-state index contributed by atoms with van der Waals surface area (Å²) in [6.07, 6.45) is 2.80. The molecule has 3 heterocycles. The maximum atomic E-state index is 13.2. The Morgan fingerprint density at radius 3 is 2.78 bits per heavy atom. The summed E-state index contributed by atoms with van der Waals surface area (Å²) in [5, 5.41) is 10.2. The molecule has 32 heavy (non-hydrogen) atoms. The molecule has 0 N–H and O–H groups in total. The van der Waals surface area contributed by atoms with Gasteiger partial charge in [0.2, 0.25) is 5.88 Å². The summed E-state index contributed by atoms with van der Waals surface area (Å²) in [6, 6.07) is 12.1. The fraction of sp³-hybridized carbons (Fsp3) is 0.217. The number of hydrogen-bond acceptors (Lipinski definition) is 6. The van der Waals surface area contributed by atoms with Crippen molar-refractivity contribution in [1.82, 2.24) is 14.3 Å². The van der Waals surface area contributed by atoms with Crippen LogP contribution in [0.25, 0.3) is 11.7 Å². The molecule has 0 radical (unpaired) electrons. The molecule has 8 nitrogen and oxygen atoms in total. The van der Waals surface area contributed by atoms with Crippen LogP contribution in [0.1, 0.15) is 11.1 Å². The molecule has 1 saturated heterocycles. The van der Waals surface area contributed by atoms with E-state index in [0.29, 0.717) is 42.7 Å². The van der Waals surface area contributed by atoms with E-state index in [9.17, 15) is 14.9 Å². The average Bonchev–Trinajstić information content (AvgIpc) is 2.81. The number of benzene rings is 1. The average molecular weight is 451 g/mol. The van der Waals surface area contributed by atoms with Gasteiger partial charge in [0, 0.05) is 24.3 Å². The normalized spacial score (nSPS) is 14.3. The van der Waals surface area contributed by atoms with Crippen LogP contribution in [0.3, 0.4) is 0 Å². The van der Waals surface area contributed by atoms with Gasteiger partial charge in [-0.3, -0.25) is 14.0 Å². The van der Waals surface area contributed by atoms with E-state index < -0.39 is 11.5 Å². The number of carbonyl (C=O) groups is 1. The zero-order valence-corrected chi connectivity index (χ0v) is 18.0. The van der Waals surface area contributed by atoms with E-state index >= 15 is 0 Å². The Morgan fingerprint density at radius 1 is 1.28 bits per heavy atom. The lowest BCUT2D eigenvalue weighted by Crippen LogP contribution is -2.41. The molecule has 1 aliphatic heterocycles. The minimum absolute atomic E-state index is 0.000498. The Bertz CT molecular complexity index is 1320. The van der Waals surface area contributed by atoms with Gasteiger partial charge in [0.25, 0.3) is 11.5 Å². The molecule has 0 aliphatic carbocycles.